The minimum absolute atomic E-state index is 0.0715. The fourth-order valence-electron chi connectivity index (χ4n) is 2.91. The Morgan fingerprint density at radius 1 is 1.39 bits per heavy atom. The van der Waals surface area contributed by atoms with Crippen molar-refractivity contribution in [2.24, 2.45) is 4.99 Å². The molecule has 0 saturated carbocycles. The fourth-order valence-corrected chi connectivity index (χ4v) is 6.87. The molecule has 0 aliphatic carbocycles. The van der Waals surface area contributed by atoms with Gasteiger partial charge >= 0.3 is 0 Å². The molecule has 8 heteroatoms. The van der Waals surface area contributed by atoms with Gasteiger partial charge in [-0.15, -0.1) is 0 Å². The van der Waals surface area contributed by atoms with E-state index < -0.39 is 9.84 Å². The molecule has 2 saturated heterocycles. The lowest BCUT2D eigenvalue weighted by Crippen LogP contribution is -2.38. The van der Waals surface area contributed by atoms with Gasteiger partial charge in [-0.2, -0.15) is 4.99 Å². The van der Waals surface area contributed by atoms with Crippen molar-refractivity contribution in [3.05, 3.63) is 24.3 Å². The molecular formula is C15H18N2O4S2. The minimum Gasteiger partial charge on any atom is -0.492 e. The summed E-state index contributed by atoms with van der Waals surface area (Å²) in [4.78, 5) is 17.4. The Morgan fingerprint density at radius 3 is 2.83 bits per heavy atom. The van der Waals surface area contributed by atoms with Crippen molar-refractivity contribution < 1.29 is 17.9 Å². The summed E-state index contributed by atoms with van der Waals surface area (Å²) in [5.41, 5.74) is 0.756. The molecule has 0 N–H and O–H groups in total. The molecule has 0 radical (unpaired) electrons. The minimum atomic E-state index is -3.07. The molecule has 2 aliphatic heterocycles. The van der Waals surface area contributed by atoms with E-state index in [0.29, 0.717) is 17.5 Å². The normalized spacial score (nSPS) is 27.2. The maximum Gasteiger partial charge on any atom is 0.244 e. The van der Waals surface area contributed by atoms with E-state index in [9.17, 15) is 13.2 Å². The highest BCUT2D eigenvalue weighted by molar-refractivity contribution is 8.16. The first-order valence-corrected chi connectivity index (χ1v) is 10.1. The topological polar surface area (TPSA) is 76.0 Å². The second kappa shape index (κ2) is 6.16. The van der Waals surface area contributed by atoms with Gasteiger partial charge in [-0.05, 0) is 19.1 Å². The zero-order chi connectivity index (χ0) is 16.6. The van der Waals surface area contributed by atoms with Crippen LogP contribution in [0.3, 0.4) is 0 Å². The maximum atomic E-state index is 12.0. The van der Waals surface area contributed by atoms with Crippen LogP contribution in [0, 0.1) is 0 Å². The van der Waals surface area contributed by atoms with Crippen LogP contribution < -0.4 is 9.64 Å². The largest absolute Gasteiger partial charge is 0.492 e. The molecule has 124 valence electrons. The third-order valence-corrected chi connectivity index (χ3v) is 6.95. The summed E-state index contributed by atoms with van der Waals surface area (Å²) < 4.78 is 29.6. The zero-order valence-corrected chi connectivity index (χ0v) is 14.6. The van der Waals surface area contributed by atoms with Crippen LogP contribution in [-0.2, 0) is 14.6 Å². The second-order valence-corrected chi connectivity index (χ2v) is 8.84. The van der Waals surface area contributed by atoms with E-state index in [2.05, 4.69) is 4.99 Å². The van der Waals surface area contributed by atoms with E-state index in [0.717, 1.165) is 5.69 Å². The van der Waals surface area contributed by atoms with E-state index in [1.54, 1.807) is 0 Å². The van der Waals surface area contributed by atoms with Crippen LogP contribution in [0.2, 0.25) is 0 Å². The van der Waals surface area contributed by atoms with E-state index in [1.807, 2.05) is 36.1 Å². The van der Waals surface area contributed by atoms with Crippen molar-refractivity contribution in [1.29, 1.82) is 0 Å². The first kappa shape index (κ1) is 16.3. The second-order valence-electron chi connectivity index (χ2n) is 5.48. The van der Waals surface area contributed by atoms with Crippen LogP contribution in [0.5, 0.6) is 5.75 Å². The Labute approximate surface area is 139 Å². The number of amidine groups is 1. The first-order chi connectivity index (χ1) is 10.9. The smallest absolute Gasteiger partial charge is 0.244 e. The van der Waals surface area contributed by atoms with Gasteiger partial charge in [0.15, 0.2) is 15.0 Å². The monoisotopic (exact) mass is 354 g/mol. The molecule has 0 aromatic heterocycles. The van der Waals surface area contributed by atoms with Crippen molar-refractivity contribution in [3.63, 3.8) is 0 Å². The number of fused-ring (bicyclic) bond motifs is 1. The summed E-state index contributed by atoms with van der Waals surface area (Å²) in [5, 5.41) is 0.447. The number of hydrogen-bond donors (Lipinski definition) is 0. The van der Waals surface area contributed by atoms with Gasteiger partial charge in [0.1, 0.15) is 5.75 Å². The number of carbonyl (C=O) groups is 1. The number of para-hydroxylation sites is 2. The van der Waals surface area contributed by atoms with Gasteiger partial charge in [0.25, 0.3) is 0 Å². The van der Waals surface area contributed by atoms with Crippen LogP contribution in [0.4, 0.5) is 5.69 Å². The van der Waals surface area contributed by atoms with Gasteiger partial charge in [-0.3, -0.25) is 4.79 Å². The Kier molecular flexibility index (Phi) is 4.37. The van der Waals surface area contributed by atoms with Crippen LogP contribution in [-0.4, -0.2) is 48.9 Å². The van der Waals surface area contributed by atoms with Crippen LogP contribution >= 0.6 is 11.8 Å². The highest BCUT2D eigenvalue weighted by Gasteiger charge is 2.49. The van der Waals surface area contributed by atoms with Crippen molar-refractivity contribution >= 4 is 38.4 Å². The summed E-state index contributed by atoms with van der Waals surface area (Å²) >= 11 is 1.36. The quantitative estimate of drug-likeness (QED) is 0.822. The summed E-state index contributed by atoms with van der Waals surface area (Å²) in [6, 6.07) is 7.22. The van der Waals surface area contributed by atoms with Crippen LogP contribution in [0.1, 0.15) is 13.8 Å². The number of rotatable bonds is 3. The third-order valence-electron chi connectivity index (χ3n) is 3.74. The number of aliphatic imine (C=N–C) groups is 1. The molecule has 1 aromatic carbocycles. The average molecular weight is 354 g/mol. The van der Waals surface area contributed by atoms with E-state index >= 15 is 0 Å². The van der Waals surface area contributed by atoms with E-state index in [-0.39, 0.29) is 28.7 Å². The zero-order valence-electron chi connectivity index (χ0n) is 12.9. The van der Waals surface area contributed by atoms with Gasteiger partial charge in [0.2, 0.25) is 5.91 Å². The summed E-state index contributed by atoms with van der Waals surface area (Å²) in [5.74, 6) is 0.556. The molecule has 1 aromatic rings. The Morgan fingerprint density at radius 2 is 2.13 bits per heavy atom. The van der Waals surface area contributed by atoms with Gasteiger partial charge < -0.3 is 9.64 Å². The number of hydrogen-bond acceptors (Lipinski definition) is 5. The number of benzene rings is 1. The highest BCUT2D eigenvalue weighted by atomic mass is 32.2. The third kappa shape index (κ3) is 3.23. The van der Waals surface area contributed by atoms with Gasteiger partial charge in [0.05, 0.1) is 29.8 Å². The molecule has 2 heterocycles. The van der Waals surface area contributed by atoms with Gasteiger partial charge in [0, 0.05) is 12.2 Å². The lowest BCUT2D eigenvalue weighted by atomic mass is 10.2. The van der Waals surface area contributed by atoms with Crippen molar-refractivity contribution in [3.8, 4) is 5.75 Å². The standard InChI is InChI=1S/C15H18N2O4S2/c1-3-21-13-7-5-4-6-11(13)17-12-8-23(19,20)9-14(12)22-15(17)16-10(2)18/h4-7,12,14H,3,8-9H2,1-2H3/t12-,14-/m1/s1. The predicted octanol–water partition coefficient (Wildman–Crippen LogP) is 1.71. The molecule has 2 fully saturated rings. The SMILES string of the molecule is CCOc1ccccc1N1C(=NC(C)=O)S[C@@H]2CS(=O)(=O)C[C@H]21. The van der Waals surface area contributed by atoms with Gasteiger partial charge in [-0.1, -0.05) is 23.9 Å². The first-order valence-electron chi connectivity index (χ1n) is 7.38. The molecule has 6 nitrogen and oxygen atoms in total. The summed E-state index contributed by atoms with van der Waals surface area (Å²) in [7, 11) is -3.07. The predicted molar refractivity (Wildman–Crippen MR) is 92.0 cm³/mol. The fraction of sp³-hybridized carbons (Fsp3) is 0.467. The number of amides is 1. The van der Waals surface area contributed by atoms with Crippen molar-refractivity contribution in [2.45, 2.75) is 25.1 Å². The van der Waals surface area contributed by atoms with Gasteiger partial charge in [-0.25, -0.2) is 8.42 Å². The Balaban J connectivity index is 2.07. The number of nitrogens with zero attached hydrogens (tertiary/aromatic N) is 2. The number of anilines is 1. The van der Waals surface area contributed by atoms with Crippen LogP contribution in [0.15, 0.2) is 29.3 Å². The lowest BCUT2D eigenvalue weighted by Gasteiger charge is -2.26. The average Bonchev–Trinajstić information content (AvgIpc) is 2.90. The molecule has 1 amide bonds. The number of thioether (sulfide) groups is 1. The molecule has 2 atom stereocenters. The maximum absolute atomic E-state index is 12.0. The molecule has 2 aliphatic rings. The molecular weight excluding hydrogens is 336 g/mol. The van der Waals surface area contributed by atoms with E-state index in [4.69, 9.17) is 4.74 Å². The highest BCUT2D eigenvalue weighted by Crippen LogP contribution is 2.43. The number of sulfone groups is 1. The molecule has 23 heavy (non-hydrogen) atoms. The summed E-state index contributed by atoms with van der Waals surface area (Å²) in [6.07, 6.45) is 0. The van der Waals surface area contributed by atoms with E-state index in [1.165, 1.54) is 18.7 Å². The summed E-state index contributed by atoms with van der Waals surface area (Å²) in [6.45, 7) is 3.79. The number of ether oxygens (including phenoxy) is 1. The number of carbonyl (C=O) groups excluding carboxylic acids is 1. The molecule has 0 unspecified atom stereocenters. The Hall–Kier alpha value is -1.54. The molecule has 3 rings (SSSR count). The Bertz CT molecular complexity index is 760. The lowest BCUT2D eigenvalue weighted by molar-refractivity contribution is -0.115. The van der Waals surface area contributed by atoms with Crippen molar-refractivity contribution in [1.82, 2.24) is 0 Å². The van der Waals surface area contributed by atoms with Crippen molar-refractivity contribution in [2.75, 3.05) is 23.0 Å². The molecule has 0 bridgehead atoms. The molecule has 0 spiro atoms. The van der Waals surface area contributed by atoms with Crippen LogP contribution in [0.25, 0.3) is 0 Å².